The Labute approximate surface area is 95.7 Å². The van der Waals surface area contributed by atoms with Gasteiger partial charge in [0, 0.05) is 24.3 Å². The third-order valence-corrected chi connectivity index (χ3v) is 3.14. The molecule has 0 spiro atoms. The van der Waals surface area contributed by atoms with Crippen molar-refractivity contribution >= 4 is 5.69 Å². The van der Waals surface area contributed by atoms with Crippen molar-refractivity contribution in [2.24, 2.45) is 0 Å². The molecule has 2 nitrogen and oxygen atoms in total. The van der Waals surface area contributed by atoms with E-state index in [1.165, 1.54) is 31.4 Å². The van der Waals surface area contributed by atoms with E-state index in [1.54, 1.807) is 13.0 Å². The van der Waals surface area contributed by atoms with Gasteiger partial charge in [0.05, 0.1) is 6.10 Å². The number of piperidine rings is 1. The summed E-state index contributed by atoms with van der Waals surface area (Å²) >= 11 is 0. The first-order valence-corrected chi connectivity index (χ1v) is 5.91. The highest BCUT2D eigenvalue weighted by Crippen LogP contribution is 2.29. The van der Waals surface area contributed by atoms with E-state index in [-0.39, 0.29) is 5.82 Å². The summed E-state index contributed by atoms with van der Waals surface area (Å²) in [7, 11) is 0. The molecule has 0 aliphatic carbocycles. The fraction of sp³-hybridized carbons (Fsp3) is 0.538. The van der Waals surface area contributed by atoms with Crippen LogP contribution in [0.1, 0.15) is 37.9 Å². The Hall–Kier alpha value is -1.09. The van der Waals surface area contributed by atoms with Gasteiger partial charge < -0.3 is 10.0 Å². The Balaban J connectivity index is 2.31. The highest BCUT2D eigenvalue weighted by atomic mass is 19.1. The van der Waals surface area contributed by atoms with Gasteiger partial charge in [-0.05, 0) is 44.4 Å². The molecule has 1 heterocycles. The number of nitrogens with zero attached hydrogens (tertiary/aromatic N) is 1. The van der Waals surface area contributed by atoms with Crippen LogP contribution in [0.3, 0.4) is 0 Å². The molecular formula is C13H18FNO. The molecule has 1 N–H and O–H groups in total. The topological polar surface area (TPSA) is 23.5 Å². The van der Waals surface area contributed by atoms with E-state index in [1.807, 2.05) is 0 Å². The molecule has 2 rings (SSSR count). The molecule has 1 fully saturated rings. The lowest BCUT2D eigenvalue weighted by atomic mass is 10.0. The summed E-state index contributed by atoms with van der Waals surface area (Å²) in [5.74, 6) is -0.281. The summed E-state index contributed by atoms with van der Waals surface area (Å²) in [6.07, 6.45) is 3.00. The highest BCUT2D eigenvalue weighted by Gasteiger charge is 2.17. The van der Waals surface area contributed by atoms with Gasteiger partial charge in [0.25, 0.3) is 0 Å². The third-order valence-electron chi connectivity index (χ3n) is 3.14. The van der Waals surface area contributed by atoms with Crippen molar-refractivity contribution in [1.29, 1.82) is 0 Å². The predicted octanol–water partition coefficient (Wildman–Crippen LogP) is 2.87. The SMILES string of the molecule is C[C@@H](O)c1cc(F)ccc1N1CCCCC1. The normalized spacial score (nSPS) is 18.6. The lowest BCUT2D eigenvalue weighted by Gasteiger charge is -2.31. The van der Waals surface area contributed by atoms with Crippen LogP contribution in [0.4, 0.5) is 10.1 Å². The van der Waals surface area contributed by atoms with Crippen LogP contribution in [0.25, 0.3) is 0 Å². The average Bonchev–Trinajstić information content (AvgIpc) is 2.30. The zero-order chi connectivity index (χ0) is 11.5. The molecule has 0 amide bonds. The largest absolute Gasteiger partial charge is 0.389 e. The van der Waals surface area contributed by atoms with Crippen LogP contribution in [0.15, 0.2) is 18.2 Å². The van der Waals surface area contributed by atoms with Gasteiger partial charge in [-0.3, -0.25) is 0 Å². The third kappa shape index (κ3) is 2.35. The minimum absolute atomic E-state index is 0.281. The first-order chi connectivity index (χ1) is 7.68. The molecule has 0 aromatic heterocycles. The van der Waals surface area contributed by atoms with Gasteiger partial charge in [0.2, 0.25) is 0 Å². The number of hydrogen-bond donors (Lipinski definition) is 1. The van der Waals surface area contributed by atoms with Gasteiger partial charge in [0.15, 0.2) is 0 Å². The molecule has 1 atom stereocenters. The van der Waals surface area contributed by atoms with E-state index in [9.17, 15) is 9.50 Å². The van der Waals surface area contributed by atoms with Crippen molar-refractivity contribution in [3.05, 3.63) is 29.6 Å². The van der Waals surface area contributed by atoms with E-state index in [0.29, 0.717) is 5.56 Å². The maximum Gasteiger partial charge on any atom is 0.123 e. The minimum atomic E-state index is -0.618. The van der Waals surface area contributed by atoms with E-state index in [4.69, 9.17) is 0 Å². The molecule has 1 saturated heterocycles. The van der Waals surface area contributed by atoms with E-state index in [2.05, 4.69) is 4.90 Å². The second-order valence-corrected chi connectivity index (χ2v) is 4.43. The molecule has 1 aliphatic rings. The van der Waals surface area contributed by atoms with Crippen LogP contribution >= 0.6 is 0 Å². The first kappa shape index (κ1) is 11.4. The average molecular weight is 223 g/mol. The van der Waals surface area contributed by atoms with Gasteiger partial charge in [0.1, 0.15) is 5.82 Å². The number of aliphatic hydroxyl groups is 1. The van der Waals surface area contributed by atoms with Crippen LogP contribution in [0.2, 0.25) is 0 Å². The number of rotatable bonds is 2. The fourth-order valence-electron chi connectivity index (χ4n) is 2.28. The predicted molar refractivity (Wildman–Crippen MR) is 63.1 cm³/mol. The van der Waals surface area contributed by atoms with Crippen molar-refractivity contribution < 1.29 is 9.50 Å². The maximum absolute atomic E-state index is 13.1. The van der Waals surface area contributed by atoms with Gasteiger partial charge >= 0.3 is 0 Å². The Kier molecular flexibility index (Phi) is 3.44. The van der Waals surface area contributed by atoms with Gasteiger partial charge in [-0.25, -0.2) is 4.39 Å². The van der Waals surface area contributed by atoms with Crippen LogP contribution in [-0.4, -0.2) is 18.2 Å². The second-order valence-electron chi connectivity index (χ2n) is 4.43. The number of halogens is 1. The number of anilines is 1. The van der Waals surface area contributed by atoms with Gasteiger partial charge in [-0.2, -0.15) is 0 Å². The number of aliphatic hydroxyl groups excluding tert-OH is 1. The van der Waals surface area contributed by atoms with Crippen LogP contribution in [0, 0.1) is 5.82 Å². The maximum atomic E-state index is 13.1. The summed E-state index contributed by atoms with van der Waals surface area (Å²) in [5, 5.41) is 9.67. The Morgan fingerprint density at radius 2 is 1.94 bits per heavy atom. The van der Waals surface area contributed by atoms with Crippen molar-refractivity contribution in [1.82, 2.24) is 0 Å². The molecule has 1 aromatic carbocycles. The van der Waals surface area contributed by atoms with E-state index >= 15 is 0 Å². The first-order valence-electron chi connectivity index (χ1n) is 5.91. The van der Waals surface area contributed by atoms with Gasteiger partial charge in [-0.15, -0.1) is 0 Å². The molecule has 0 unspecified atom stereocenters. The molecule has 0 saturated carbocycles. The van der Waals surface area contributed by atoms with Crippen LogP contribution < -0.4 is 4.90 Å². The van der Waals surface area contributed by atoms with E-state index in [0.717, 1.165) is 18.8 Å². The van der Waals surface area contributed by atoms with E-state index < -0.39 is 6.10 Å². The summed E-state index contributed by atoms with van der Waals surface area (Å²) in [5.41, 5.74) is 1.68. The van der Waals surface area contributed by atoms with Crippen molar-refractivity contribution in [2.75, 3.05) is 18.0 Å². The fourth-order valence-corrected chi connectivity index (χ4v) is 2.28. The highest BCUT2D eigenvalue weighted by molar-refractivity contribution is 5.55. The molecule has 88 valence electrons. The summed E-state index contributed by atoms with van der Waals surface area (Å²) in [6, 6.07) is 4.69. The Bertz CT molecular complexity index is 359. The zero-order valence-corrected chi connectivity index (χ0v) is 9.62. The molecule has 16 heavy (non-hydrogen) atoms. The lowest BCUT2D eigenvalue weighted by molar-refractivity contribution is 0.199. The summed E-state index contributed by atoms with van der Waals surface area (Å²) < 4.78 is 13.1. The van der Waals surface area contributed by atoms with Crippen LogP contribution in [-0.2, 0) is 0 Å². The Morgan fingerprint density at radius 3 is 2.56 bits per heavy atom. The molecule has 0 radical (unpaired) electrons. The minimum Gasteiger partial charge on any atom is -0.389 e. The molecular weight excluding hydrogens is 205 g/mol. The number of hydrogen-bond acceptors (Lipinski definition) is 2. The molecule has 3 heteroatoms. The smallest absolute Gasteiger partial charge is 0.123 e. The molecule has 0 bridgehead atoms. The number of benzene rings is 1. The molecule has 1 aromatic rings. The second kappa shape index (κ2) is 4.83. The summed E-state index contributed by atoms with van der Waals surface area (Å²) in [4.78, 5) is 2.24. The van der Waals surface area contributed by atoms with Crippen molar-refractivity contribution in [3.8, 4) is 0 Å². The van der Waals surface area contributed by atoms with Crippen molar-refractivity contribution in [3.63, 3.8) is 0 Å². The van der Waals surface area contributed by atoms with Gasteiger partial charge in [-0.1, -0.05) is 0 Å². The Morgan fingerprint density at radius 1 is 1.25 bits per heavy atom. The van der Waals surface area contributed by atoms with Crippen molar-refractivity contribution in [2.45, 2.75) is 32.3 Å². The summed E-state index contributed by atoms with van der Waals surface area (Å²) in [6.45, 7) is 3.69. The molecule has 1 aliphatic heterocycles. The standard InChI is InChI=1S/C13H18FNO/c1-10(16)12-9-11(14)5-6-13(12)15-7-3-2-4-8-15/h5-6,9-10,16H,2-4,7-8H2,1H3/t10-/m1/s1. The quantitative estimate of drug-likeness (QED) is 0.833. The van der Waals surface area contributed by atoms with Crippen LogP contribution in [0.5, 0.6) is 0 Å². The lowest BCUT2D eigenvalue weighted by Crippen LogP contribution is -2.30. The zero-order valence-electron chi connectivity index (χ0n) is 9.62. The monoisotopic (exact) mass is 223 g/mol.